The number of nitrogens with one attached hydrogen (secondary N) is 1. The molecule has 0 spiro atoms. The Balaban J connectivity index is 2.80. The van der Waals surface area contributed by atoms with Crippen LogP contribution in [0, 0.1) is 24.2 Å². The zero-order valence-electron chi connectivity index (χ0n) is 12.4. The molecule has 0 aromatic heterocycles. The third kappa shape index (κ3) is 4.92. The lowest BCUT2D eigenvalue weighted by Crippen LogP contribution is -2.21. The van der Waals surface area contributed by atoms with E-state index in [0.29, 0.717) is 12.3 Å². The maximum Gasteiger partial charge on any atom is 0.184 e. The molecule has 3 nitrogen and oxygen atoms in total. The van der Waals surface area contributed by atoms with Gasteiger partial charge in [0.25, 0.3) is 0 Å². The molecule has 0 aliphatic rings. The van der Waals surface area contributed by atoms with Gasteiger partial charge in [-0.2, -0.15) is 5.26 Å². The fourth-order valence-corrected chi connectivity index (χ4v) is 1.86. The van der Waals surface area contributed by atoms with E-state index < -0.39 is 0 Å². The summed E-state index contributed by atoms with van der Waals surface area (Å²) < 4.78 is 5.83. The third-order valence-corrected chi connectivity index (χ3v) is 2.94. The Morgan fingerprint density at radius 3 is 2.68 bits per heavy atom. The molecule has 104 valence electrons. The molecule has 0 aliphatic carbocycles. The predicted molar refractivity (Wildman–Crippen MR) is 78.0 cm³/mol. The molecule has 1 N–H and O–H groups in total. The monoisotopic (exact) mass is 260 g/mol. The second-order valence-corrected chi connectivity index (χ2v) is 5.23. The summed E-state index contributed by atoms with van der Waals surface area (Å²) in [5.41, 5.74) is 2.20. The van der Waals surface area contributed by atoms with E-state index in [1.54, 1.807) is 0 Å². The van der Waals surface area contributed by atoms with Crippen molar-refractivity contribution in [1.29, 1.82) is 5.26 Å². The van der Waals surface area contributed by atoms with Crippen LogP contribution in [0.5, 0.6) is 5.75 Å². The van der Waals surface area contributed by atoms with Crippen molar-refractivity contribution in [3.05, 3.63) is 29.3 Å². The molecule has 0 saturated carbocycles. The van der Waals surface area contributed by atoms with Gasteiger partial charge in [-0.05, 0) is 31.4 Å². The molecule has 0 fully saturated rings. The molecule has 0 radical (unpaired) electrons. The molecule has 0 amide bonds. The number of nitrogens with zero attached hydrogens (tertiary/aromatic N) is 1. The van der Waals surface area contributed by atoms with Crippen LogP contribution in [0.4, 0.5) is 0 Å². The average Bonchev–Trinajstić information content (AvgIpc) is 2.38. The Bertz CT molecular complexity index is 435. The molecule has 1 aromatic carbocycles. The van der Waals surface area contributed by atoms with Crippen LogP contribution >= 0.6 is 0 Å². The number of ether oxygens (including phenoxy) is 1. The molecule has 1 unspecified atom stereocenters. The fraction of sp³-hybridized carbons (Fsp3) is 0.562. The Morgan fingerprint density at radius 1 is 1.37 bits per heavy atom. The molecular formula is C16H24N2O. The normalized spacial score (nSPS) is 12.2. The third-order valence-electron chi connectivity index (χ3n) is 2.94. The van der Waals surface area contributed by atoms with E-state index in [1.807, 2.05) is 26.0 Å². The van der Waals surface area contributed by atoms with Crippen molar-refractivity contribution in [3.8, 4) is 11.8 Å². The predicted octanol–water partition coefficient (Wildman–Crippen LogP) is 3.42. The smallest absolute Gasteiger partial charge is 0.184 e. The van der Waals surface area contributed by atoms with Crippen LogP contribution in [-0.2, 0) is 6.54 Å². The number of aryl methyl sites for hydroxylation is 1. The quantitative estimate of drug-likeness (QED) is 0.817. The lowest BCUT2D eigenvalue weighted by molar-refractivity contribution is 0.247. The second kappa shape index (κ2) is 7.81. The van der Waals surface area contributed by atoms with Crippen molar-refractivity contribution in [2.45, 2.75) is 46.8 Å². The number of benzene rings is 1. The summed E-state index contributed by atoms with van der Waals surface area (Å²) >= 11 is 0. The van der Waals surface area contributed by atoms with Crippen LogP contribution in [0.2, 0.25) is 0 Å². The van der Waals surface area contributed by atoms with Gasteiger partial charge in [-0.3, -0.25) is 0 Å². The van der Waals surface area contributed by atoms with Crippen molar-refractivity contribution in [1.82, 2.24) is 5.32 Å². The first kappa shape index (κ1) is 15.5. The second-order valence-electron chi connectivity index (χ2n) is 5.23. The first-order chi connectivity index (χ1) is 9.08. The van der Waals surface area contributed by atoms with E-state index in [0.717, 1.165) is 30.0 Å². The SMILES string of the molecule is CCC(C#N)Oc1c(C)cccc1CNCC(C)C. The maximum absolute atomic E-state index is 9.03. The van der Waals surface area contributed by atoms with Crippen molar-refractivity contribution in [3.63, 3.8) is 0 Å². The highest BCUT2D eigenvalue weighted by Gasteiger charge is 2.12. The van der Waals surface area contributed by atoms with Crippen LogP contribution < -0.4 is 10.1 Å². The lowest BCUT2D eigenvalue weighted by Gasteiger charge is -2.17. The van der Waals surface area contributed by atoms with Gasteiger partial charge < -0.3 is 10.1 Å². The molecular weight excluding hydrogens is 236 g/mol. The van der Waals surface area contributed by atoms with Crippen LogP contribution in [0.3, 0.4) is 0 Å². The minimum absolute atomic E-state index is 0.370. The Hall–Kier alpha value is -1.53. The van der Waals surface area contributed by atoms with Crippen LogP contribution in [0.1, 0.15) is 38.3 Å². The molecule has 19 heavy (non-hydrogen) atoms. The number of hydrogen-bond acceptors (Lipinski definition) is 3. The number of nitriles is 1. The highest BCUT2D eigenvalue weighted by Crippen LogP contribution is 2.25. The molecule has 1 rings (SSSR count). The molecule has 0 aliphatic heterocycles. The highest BCUT2D eigenvalue weighted by atomic mass is 16.5. The molecule has 0 heterocycles. The number of hydrogen-bond donors (Lipinski definition) is 1. The van der Waals surface area contributed by atoms with E-state index in [-0.39, 0.29) is 6.10 Å². The minimum atomic E-state index is -0.370. The van der Waals surface area contributed by atoms with Gasteiger partial charge >= 0.3 is 0 Å². The largest absolute Gasteiger partial charge is 0.475 e. The van der Waals surface area contributed by atoms with E-state index in [1.165, 1.54) is 0 Å². The average molecular weight is 260 g/mol. The maximum atomic E-state index is 9.03. The van der Waals surface area contributed by atoms with Crippen molar-refractivity contribution in [2.75, 3.05) is 6.54 Å². The molecule has 0 bridgehead atoms. The van der Waals surface area contributed by atoms with E-state index in [2.05, 4.69) is 31.3 Å². The Labute approximate surface area is 116 Å². The van der Waals surface area contributed by atoms with E-state index in [4.69, 9.17) is 10.00 Å². The van der Waals surface area contributed by atoms with E-state index in [9.17, 15) is 0 Å². The Kier molecular flexibility index (Phi) is 6.38. The molecule has 0 saturated heterocycles. The van der Waals surface area contributed by atoms with Gasteiger partial charge in [0.05, 0.1) is 0 Å². The van der Waals surface area contributed by atoms with Gasteiger partial charge in [-0.15, -0.1) is 0 Å². The van der Waals surface area contributed by atoms with Crippen molar-refractivity contribution >= 4 is 0 Å². The lowest BCUT2D eigenvalue weighted by atomic mass is 10.1. The van der Waals surface area contributed by atoms with Crippen LogP contribution in [0.15, 0.2) is 18.2 Å². The minimum Gasteiger partial charge on any atom is -0.475 e. The topological polar surface area (TPSA) is 45.0 Å². The first-order valence-corrected chi connectivity index (χ1v) is 6.94. The molecule has 1 aromatic rings. The van der Waals surface area contributed by atoms with Gasteiger partial charge in [-0.1, -0.05) is 39.0 Å². The van der Waals surface area contributed by atoms with Crippen LogP contribution in [0.25, 0.3) is 0 Å². The summed E-state index contributed by atoms with van der Waals surface area (Å²) in [5.74, 6) is 1.48. The van der Waals surface area contributed by atoms with Gasteiger partial charge in [0.15, 0.2) is 6.10 Å². The Morgan fingerprint density at radius 2 is 2.11 bits per heavy atom. The highest BCUT2D eigenvalue weighted by molar-refractivity contribution is 5.41. The van der Waals surface area contributed by atoms with Gasteiger partial charge in [0.2, 0.25) is 0 Å². The zero-order valence-corrected chi connectivity index (χ0v) is 12.4. The van der Waals surface area contributed by atoms with Gasteiger partial charge in [-0.25, -0.2) is 0 Å². The first-order valence-electron chi connectivity index (χ1n) is 6.94. The fourth-order valence-electron chi connectivity index (χ4n) is 1.86. The number of para-hydroxylation sites is 1. The zero-order chi connectivity index (χ0) is 14.3. The summed E-state index contributed by atoms with van der Waals surface area (Å²) in [6.45, 7) is 10.1. The summed E-state index contributed by atoms with van der Waals surface area (Å²) in [6.07, 6.45) is 0.328. The summed E-state index contributed by atoms with van der Waals surface area (Å²) in [5, 5.41) is 12.4. The molecule has 1 atom stereocenters. The molecule has 3 heteroatoms. The van der Waals surface area contributed by atoms with Gasteiger partial charge in [0.1, 0.15) is 11.8 Å². The van der Waals surface area contributed by atoms with Gasteiger partial charge in [0, 0.05) is 12.1 Å². The standard InChI is InChI=1S/C16H24N2O/c1-5-15(9-17)19-16-13(4)7-6-8-14(16)11-18-10-12(2)3/h6-8,12,15,18H,5,10-11H2,1-4H3. The summed E-state index contributed by atoms with van der Waals surface area (Å²) in [6, 6.07) is 8.29. The van der Waals surface area contributed by atoms with E-state index >= 15 is 0 Å². The van der Waals surface area contributed by atoms with Crippen molar-refractivity contribution in [2.24, 2.45) is 5.92 Å². The van der Waals surface area contributed by atoms with Crippen molar-refractivity contribution < 1.29 is 4.74 Å². The summed E-state index contributed by atoms with van der Waals surface area (Å²) in [4.78, 5) is 0. The number of rotatable bonds is 7. The van der Waals surface area contributed by atoms with Crippen LogP contribution in [-0.4, -0.2) is 12.6 Å². The summed E-state index contributed by atoms with van der Waals surface area (Å²) in [7, 11) is 0.